The van der Waals surface area contributed by atoms with Gasteiger partial charge in [0.25, 0.3) is 0 Å². The van der Waals surface area contributed by atoms with Gasteiger partial charge in [0.05, 0.1) is 25.4 Å². The third-order valence-corrected chi connectivity index (χ3v) is 13.0. The Morgan fingerprint density at radius 2 is 0.905 bits per heavy atom. The van der Waals surface area contributed by atoms with E-state index in [0.717, 1.165) is 38.5 Å². The molecule has 0 aromatic carbocycles. The highest BCUT2D eigenvalue weighted by molar-refractivity contribution is 5.76. The van der Waals surface area contributed by atoms with Crippen LogP contribution in [0.15, 0.2) is 24.3 Å². The number of hydrogen-bond acceptors (Lipinski definition) is 8. The summed E-state index contributed by atoms with van der Waals surface area (Å²) in [6.45, 7) is 3.77. The minimum Gasteiger partial charge on any atom is -0.394 e. The van der Waals surface area contributed by atoms with Gasteiger partial charge in [0, 0.05) is 6.42 Å². The second-order valence-electron chi connectivity index (χ2n) is 19.0. The first-order chi connectivity index (χ1) is 30.8. The summed E-state index contributed by atoms with van der Waals surface area (Å²) in [5, 5.41) is 54.3. The number of carbonyl (C=O) groups is 1. The van der Waals surface area contributed by atoms with Crippen molar-refractivity contribution in [2.75, 3.05) is 13.2 Å². The summed E-state index contributed by atoms with van der Waals surface area (Å²) in [4.78, 5) is 13.0. The Labute approximate surface area is 388 Å². The Balaban J connectivity index is 2.18. The van der Waals surface area contributed by atoms with E-state index < -0.39 is 49.5 Å². The fourth-order valence-corrected chi connectivity index (χ4v) is 8.70. The van der Waals surface area contributed by atoms with E-state index >= 15 is 0 Å². The third-order valence-electron chi connectivity index (χ3n) is 13.0. The van der Waals surface area contributed by atoms with Crippen molar-refractivity contribution in [3.05, 3.63) is 24.3 Å². The maximum Gasteiger partial charge on any atom is 0.220 e. The maximum atomic E-state index is 13.0. The lowest BCUT2D eigenvalue weighted by molar-refractivity contribution is -0.302. The monoisotopic (exact) mass is 894 g/mol. The summed E-state index contributed by atoms with van der Waals surface area (Å²) in [7, 11) is 0. The molecule has 7 atom stereocenters. The number of hydrogen-bond donors (Lipinski definition) is 6. The number of rotatable bonds is 46. The van der Waals surface area contributed by atoms with Crippen LogP contribution in [0.3, 0.4) is 0 Å². The van der Waals surface area contributed by atoms with Crippen LogP contribution in [0.5, 0.6) is 0 Å². The van der Waals surface area contributed by atoms with Crippen molar-refractivity contribution >= 4 is 5.91 Å². The van der Waals surface area contributed by atoms with Crippen molar-refractivity contribution in [3.63, 3.8) is 0 Å². The molecule has 1 aliphatic rings. The molecule has 372 valence electrons. The summed E-state index contributed by atoms with van der Waals surface area (Å²) >= 11 is 0. The molecule has 7 unspecified atom stereocenters. The van der Waals surface area contributed by atoms with Crippen LogP contribution in [-0.4, -0.2) is 87.5 Å². The van der Waals surface area contributed by atoms with Crippen molar-refractivity contribution < 1.29 is 39.8 Å². The molecule has 0 radical (unpaired) electrons. The number of aliphatic hydroxyl groups is 5. The second kappa shape index (κ2) is 44.5. The van der Waals surface area contributed by atoms with Crippen LogP contribution in [0.25, 0.3) is 0 Å². The van der Waals surface area contributed by atoms with Crippen molar-refractivity contribution in [3.8, 4) is 0 Å². The lowest BCUT2D eigenvalue weighted by Crippen LogP contribution is -2.60. The van der Waals surface area contributed by atoms with Gasteiger partial charge in [0.15, 0.2) is 6.29 Å². The highest BCUT2D eigenvalue weighted by atomic mass is 16.7. The average molecular weight is 894 g/mol. The fourth-order valence-electron chi connectivity index (χ4n) is 8.70. The van der Waals surface area contributed by atoms with Crippen LogP contribution < -0.4 is 5.32 Å². The Morgan fingerprint density at radius 1 is 0.524 bits per heavy atom. The van der Waals surface area contributed by atoms with Crippen molar-refractivity contribution in [1.29, 1.82) is 0 Å². The quantitative estimate of drug-likeness (QED) is 0.0261. The van der Waals surface area contributed by atoms with Gasteiger partial charge in [-0.05, 0) is 32.1 Å². The highest BCUT2D eigenvalue weighted by Gasteiger charge is 2.44. The van der Waals surface area contributed by atoms with E-state index in [-0.39, 0.29) is 12.5 Å². The maximum absolute atomic E-state index is 13.0. The van der Waals surface area contributed by atoms with Crippen LogP contribution >= 0.6 is 0 Å². The first-order valence-corrected chi connectivity index (χ1v) is 27.1. The molecule has 6 N–H and O–H groups in total. The molecule has 1 rings (SSSR count). The molecule has 9 heteroatoms. The Bertz CT molecular complexity index is 1040. The van der Waals surface area contributed by atoms with E-state index in [9.17, 15) is 30.3 Å². The molecule has 63 heavy (non-hydrogen) atoms. The van der Waals surface area contributed by atoms with Crippen LogP contribution in [0.1, 0.15) is 258 Å². The second-order valence-corrected chi connectivity index (χ2v) is 19.0. The SMILES string of the molecule is CCCCCCCCC/C=C/CC/C=C/C(O)C(COC1OC(CO)C(O)C(O)C1O)NC(=O)CCCCCCCCCCCCCCCCCCCCCCCCCCCCC. The molecule has 0 bridgehead atoms. The Morgan fingerprint density at radius 3 is 1.33 bits per heavy atom. The molecule has 1 fully saturated rings. The molecule has 1 amide bonds. The van der Waals surface area contributed by atoms with Gasteiger partial charge in [-0.1, -0.05) is 244 Å². The average Bonchev–Trinajstić information content (AvgIpc) is 3.28. The number of carbonyl (C=O) groups excluding carboxylic acids is 1. The molecule has 0 aromatic heterocycles. The first-order valence-electron chi connectivity index (χ1n) is 27.1. The molecule has 1 aliphatic heterocycles. The molecular formula is C54H103NO8. The van der Waals surface area contributed by atoms with Crippen molar-refractivity contribution in [2.24, 2.45) is 0 Å². The van der Waals surface area contributed by atoms with E-state index in [1.165, 1.54) is 199 Å². The standard InChI is InChI=1S/C54H103NO8/c1-3-5-7-9-11-13-15-17-18-19-20-21-22-23-24-25-26-27-28-29-30-32-34-36-38-40-42-44-50(58)55-47(46-62-54-53(61)52(60)51(59)49(45-56)63-54)48(57)43-41-39-37-35-33-31-16-14-12-10-8-6-4-2/h33,35,41,43,47-49,51-54,56-57,59-61H,3-32,34,36-40,42,44-46H2,1-2H3,(H,55,58)/b35-33+,43-41+. The fraction of sp³-hybridized carbons (Fsp3) is 0.907. The molecule has 0 saturated carbocycles. The van der Waals surface area contributed by atoms with Gasteiger partial charge in [-0.3, -0.25) is 4.79 Å². The molecular weight excluding hydrogens is 791 g/mol. The summed E-state index contributed by atoms with van der Waals surface area (Å²) < 4.78 is 11.2. The van der Waals surface area contributed by atoms with Gasteiger partial charge in [0.1, 0.15) is 24.4 Å². The van der Waals surface area contributed by atoms with Gasteiger partial charge in [-0.15, -0.1) is 0 Å². The van der Waals surface area contributed by atoms with Gasteiger partial charge < -0.3 is 40.3 Å². The number of amides is 1. The largest absolute Gasteiger partial charge is 0.394 e. The Hall–Kier alpha value is -1.33. The van der Waals surface area contributed by atoms with Crippen LogP contribution in [0.2, 0.25) is 0 Å². The van der Waals surface area contributed by atoms with E-state index in [1.54, 1.807) is 6.08 Å². The lowest BCUT2D eigenvalue weighted by atomic mass is 9.99. The Kier molecular flexibility index (Phi) is 42.2. The molecule has 9 nitrogen and oxygen atoms in total. The van der Waals surface area contributed by atoms with Crippen LogP contribution in [-0.2, 0) is 14.3 Å². The minimum absolute atomic E-state index is 0.183. The van der Waals surface area contributed by atoms with Gasteiger partial charge in [-0.2, -0.15) is 0 Å². The zero-order valence-corrected chi connectivity index (χ0v) is 41.1. The number of aliphatic hydroxyl groups excluding tert-OH is 5. The van der Waals surface area contributed by atoms with Crippen molar-refractivity contribution in [1.82, 2.24) is 5.32 Å². The molecule has 0 spiro atoms. The summed E-state index contributed by atoms with van der Waals surface area (Å²) in [6, 6.07) is -0.817. The molecule has 0 aliphatic carbocycles. The molecule has 1 heterocycles. The zero-order valence-electron chi connectivity index (χ0n) is 41.1. The normalized spacial score (nSPS) is 20.3. The number of ether oxygens (including phenoxy) is 2. The topological polar surface area (TPSA) is 149 Å². The van der Waals surface area contributed by atoms with Gasteiger partial charge in [-0.25, -0.2) is 0 Å². The van der Waals surface area contributed by atoms with Crippen molar-refractivity contribution in [2.45, 2.75) is 301 Å². The van der Waals surface area contributed by atoms with Gasteiger partial charge >= 0.3 is 0 Å². The summed E-state index contributed by atoms with van der Waals surface area (Å²) in [5.41, 5.74) is 0. The third kappa shape index (κ3) is 34.6. The molecule has 1 saturated heterocycles. The summed E-state index contributed by atoms with van der Waals surface area (Å²) in [5.74, 6) is -0.183. The zero-order chi connectivity index (χ0) is 45.9. The summed E-state index contributed by atoms with van der Waals surface area (Å²) in [6.07, 6.45) is 48.2. The predicted octanol–water partition coefficient (Wildman–Crippen LogP) is 12.6. The number of allylic oxidation sites excluding steroid dienone is 3. The predicted molar refractivity (Wildman–Crippen MR) is 263 cm³/mol. The van der Waals surface area contributed by atoms with E-state index in [1.807, 2.05) is 6.08 Å². The lowest BCUT2D eigenvalue weighted by Gasteiger charge is -2.40. The van der Waals surface area contributed by atoms with Crippen LogP contribution in [0.4, 0.5) is 0 Å². The minimum atomic E-state index is -1.57. The number of unbranched alkanes of at least 4 members (excludes halogenated alkanes) is 34. The number of nitrogens with one attached hydrogen (secondary N) is 1. The smallest absolute Gasteiger partial charge is 0.220 e. The highest BCUT2D eigenvalue weighted by Crippen LogP contribution is 2.23. The van der Waals surface area contributed by atoms with Crippen LogP contribution in [0, 0.1) is 0 Å². The van der Waals surface area contributed by atoms with E-state index in [4.69, 9.17) is 9.47 Å². The molecule has 0 aromatic rings. The van der Waals surface area contributed by atoms with E-state index in [2.05, 4.69) is 31.3 Å². The van der Waals surface area contributed by atoms with Gasteiger partial charge in [0.2, 0.25) is 5.91 Å². The van der Waals surface area contributed by atoms with E-state index in [0.29, 0.717) is 6.42 Å². The first kappa shape index (κ1) is 59.7.